The second kappa shape index (κ2) is 15.9. The maximum Gasteiger partial charge on any atom is 0.707 e. The van der Waals surface area contributed by atoms with Crippen molar-refractivity contribution in [3.8, 4) is 39.3 Å². The topological polar surface area (TPSA) is 98.1 Å². The highest BCUT2D eigenvalue weighted by atomic mass is 32.1. The summed E-state index contributed by atoms with van der Waals surface area (Å²) in [6.45, 7) is 8.62. The highest BCUT2D eigenvalue weighted by Gasteiger charge is 2.29. The Morgan fingerprint density at radius 3 is 1.79 bits per heavy atom. The molecule has 8 rings (SSSR count). The Bertz CT molecular complexity index is 2850. The van der Waals surface area contributed by atoms with E-state index in [4.69, 9.17) is 10.0 Å². The molecule has 4 N–H and O–H groups in total. The van der Waals surface area contributed by atoms with Crippen LogP contribution in [0, 0.1) is 42.9 Å². The first-order chi connectivity index (χ1) is 27.3. The van der Waals surface area contributed by atoms with Gasteiger partial charge in [-0.1, -0.05) is 103 Å². The van der Waals surface area contributed by atoms with Gasteiger partial charge in [-0.15, -0.1) is 11.3 Å². The molecule has 6 nitrogen and oxygen atoms in total. The van der Waals surface area contributed by atoms with Gasteiger partial charge in [0.2, 0.25) is 29.1 Å². The predicted molar refractivity (Wildman–Crippen MR) is 215 cm³/mol. The molecule has 0 aliphatic rings. The highest BCUT2D eigenvalue weighted by Crippen LogP contribution is 2.44. The van der Waals surface area contributed by atoms with E-state index in [0.717, 1.165) is 42.5 Å². The quantitative estimate of drug-likeness (QED) is 0.0256. The van der Waals surface area contributed by atoms with Gasteiger partial charge in [-0.3, -0.25) is 0 Å². The van der Waals surface area contributed by atoms with Crippen LogP contribution in [0.4, 0.5) is 22.0 Å². The lowest BCUT2D eigenvalue weighted by atomic mass is 9.92. The summed E-state index contributed by atoms with van der Waals surface area (Å²) >= 11 is 1.73. The number of nitrogens with one attached hydrogen (secondary N) is 1. The Balaban J connectivity index is 0.000000280. The smallest absolute Gasteiger partial charge is 0.507 e. The number of halogens is 5. The van der Waals surface area contributed by atoms with Gasteiger partial charge in [0.05, 0.1) is 5.69 Å². The second-order valence-corrected chi connectivity index (χ2v) is 14.9. The van der Waals surface area contributed by atoms with Crippen molar-refractivity contribution >= 4 is 49.7 Å². The summed E-state index contributed by atoms with van der Waals surface area (Å²) in [7, 11) is -2.70. The van der Waals surface area contributed by atoms with Gasteiger partial charge in [-0.25, -0.2) is 13.2 Å². The van der Waals surface area contributed by atoms with E-state index in [2.05, 4.69) is 146 Å². The summed E-state index contributed by atoms with van der Waals surface area (Å²) < 4.78 is 68.5. The SMILES string of the molecule is Cc1ccc(-c2cccc3[nH]c(-c4ccc5sc6ccc(C(C)C)cc6c(=NO)c5c4)c(-c4ccc(C)cc4)c23)cc1.OB(O)Oc1c(F)c(F)c(F)c(F)c1F. The van der Waals surface area contributed by atoms with E-state index in [1.54, 1.807) is 11.3 Å². The molecular weight excluding hydrogens is 758 g/mol. The van der Waals surface area contributed by atoms with Crippen LogP contribution < -0.4 is 10.0 Å². The maximum atomic E-state index is 12.7. The van der Waals surface area contributed by atoms with Gasteiger partial charge in [-0.2, -0.15) is 8.78 Å². The molecule has 0 unspecified atom stereocenters. The molecule has 0 atom stereocenters. The molecule has 57 heavy (non-hydrogen) atoms. The van der Waals surface area contributed by atoms with E-state index in [1.807, 2.05) is 0 Å². The number of aromatic nitrogens is 1. The maximum absolute atomic E-state index is 12.7. The van der Waals surface area contributed by atoms with E-state index in [-0.39, 0.29) is 0 Å². The van der Waals surface area contributed by atoms with Crippen LogP contribution in [0.15, 0.2) is 108 Å². The first-order valence-corrected chi connectivity index (χ1v) is 18.6. The van der Waals surface area contributed by atoms with E-state index < -0.39 is 42.2 Å². The Hall–Kier alpha value is -6.02. The third-order valence-electron chi connectivity index (χ3n) is 9.69. The average Bonchev–Trinajstić information content (AvgIpc) is 3.60. The Kier molecular flexibility index (Phi) is 10.9. The minimum absolute atomic E-state index is 0.388. The van der Waals surface area contributed by atoms with Crippen molar-refractivity contribution in [2.75, 3.05) is 0 Å². The lowest BCUT2D eigenvalue weighted by Crippen LogP contribution is -2.23. The van der Waals surface area contributed by atoms with E-state index >= 15 is 0 Å². The summed E-state index contributed by atoms with van der Waals surface area (Å²) in [4.78, 5) is 3.79. The normalized spacial score (nSPS) is 11.8. The van der Waals surface area contributed by atoms with Crippen LogP contribution in [0.1, 0.15) is 36.5 Å². The first kappa shape index (κ1) is 39.2. The van der Waals surface area contributed by atoms with Gasteiger partial charge in [0.15, 0.2) is 5.75 Å². The zero-order valence-corrected chi connectivity index (χ0v) is 31.8. The van der Waals surface area contributed by atoms with Gasteiger partial charge >= 0.3 is 7.32 Å². The van der Waals surface area contributed by atoms with Crippen molar-refractivity contribution < 1.29 is 41.9 Å². The molecule has 0 amide bonds. The number of benzene rings is 6. The van der Waals surface area contributed by atoms with Crippen molar-refractivity contribution in [1.29, 1.82) is 0 Å². The lowest BCUT2D eigenvalue weighted by Gasteiger charge is -2.11. The van der Waals surface area contributed by atoms with Crippen molar-refractivity contribution in [2.24, 2.45) is 5.16 Å². The van der Waals surface area contributed by atoms with Gasteiger partial charge < -0.3 is 24.9 Å². The molecule has 288 valence electrons. The summed E-state index contributed by atoms with van der Waals surface area (Å²) in [6, 6.07) is 37.1. The predicted octanol–water partition coefficient (Wildman–Crippen LogP) is 11.3. The van der Waals surface area contributed by atoms with E-state index in [1.165, 1.54) is 38.8 Å². The molecule has 2 aromatic heterocycles. The minimum atomic E-state index is -2.70. The number of nitrogens with zero attached hydrogens (tertiary/aromatic N) is 1. The molecule has 8 aromatic rings. The summed E-state index contributed by atoms with van der Waals surface area (Å²) in [5.74, 6) is -12.7. The summed E-state index contributed by atoms with van der Waals surface area (Å²) in [5.41, 5.74) is 11.6. The number of rotatable bonds is 6. The van der Waals surface area contributed by atoms with Crippen LogP contribution in [-0.2, 0) is 0 Å². The van der Waals surface area contributed by atoms with Crippen LogP contribution in [-0.4, -0.2) is 27.6 Å². The molecular formula is C44H34BF5N2O4S. The van der Waals surface area contributed by atoms with Crippen LogP contribution in [0.2, 0.25) is 0 Å². The molecule has 0 radical (unpaired) electrons. The molecule has 0 saturated carbocycles. The Morgan fingerprint density at radius 1 is 0.667 bits per heavy atom. The van der Waals surface area contributed by atoms with Crippen molar-refractivity contribution in [2.45, 2.75) is 33.6 Å². The van der Waals surface area contributed by atoms with E-state index in [0.29, 0.717) is 11.3 Å². The van der Waals surface area contributed by atoms with Crippen LogP contribution >= 0.6 is 11.3 Å². The van der Waals surface area contributed by atoms with Gasteiger partial charge in [0, 0.05) is 36.6 Å². The fourth-order valence-electron chi connectivity index (χ4n) is 6.75. The molecule has 0 bridgehead atoms. The lowest BCUT2D eigenvalue weighted by molar-refractivity contribution is 0.263. The molecule has 0 spiro atoms. The number of hydrogen-bond acceptors (Lipinski definition) is 6. The molecule has 0 saturated heterocycles. The standard InChI is InChI=1S/C38H32N2OS.C6H2BF5O3/c1-22(2)27-16-18-33-30(20-27)38(40-41)31-21-28(17-19-34(31)42-33)37-35(26-14-10-24(4)11-15-26)36-29(6-5-7-32(36)39-37)25-12-8-23(3)9-13-25;8-1-2(9)4(11)6(15-7(13)14)5(12)3(1)10/h5-22,39,41H,1-4H3;13-14H. The highest BCUT2D eigenvalue weighted by molar-refractivity contribution is 7.24. The van der Waals surface area contributed by atoms with Crippen molar-refractivity contribution in [3.63, 3.8) is 0 Å². The Morgan fingerprint density at radius 2 is 1.21 bits per heavy atom. The van der Waals surface area contributed by atoms with E-state index in [9.17, 15) is 27.2 Å². The molecule has 2 heterocycles. The van der Waals surface area contributed by atoms with Crippen LogP contribution in [0.5, 0.6) is 5.75 Å². The first-order valence-electron chi connectivity index (χ1n) is 17.8. The molecule has 0 aliphatic carbocycles. The second-order valence-electron chi connectivity index (χ2n) is 13.9. The van der Waals surface area contributed by atoms with Crippen LogP contribution in [0.3, 0.4) is 0 Å². The van der Waals surface area contributed by atoms with Crippen molar-refractivity contribution in [1.82, 2.24) is 4.98 Å². The molecule has 0 fully saturated rings. The fourth-order valence-corrected chi connectivity index (χ4v) is 7.79. The molecule has 13 heteroatoms. The number of aryl methyl sites for hydroxylation is 2. The number of H-pyrrole nitrogens is 1. The summed E-state index contributed by atoms with van der Waals surface area (Å²) in [6.07, 6.45) is 0. The zero-order chi connectivity index (χ0) is 40.7. The largest absolute Gasteiger partial charge is 0.707 e. The number of fused-ring (bicyclic) bond motifs is 3. The van der Waals surface area contributed by atoms with Crippen molar-refractivity contribution in [3.05, 3.63) is 154 Å². The Labute approximate surface area is 327 Å². The fraction of sp³-hybridized carbons (Fsp3) is 0.114. The molecule has 0 aliphatic heterocycles. The van der Waals surface area contributed by atoms with Gasteiger partial charge in [0.1, 0.15) is 5.36 Å². The third kappa shape index (κ3) is 7.49. The van der Waals surface area contributed by atoms with Gasteiger partial charge in [-0.05, 0) is 77.9 Å². The summed E-state index contributed by atoms with van der Waals surface area (Å²) in [5, 5.41) is 34.2. The van der Waals surface area contributed by atoms with Gasteiger partial charge in [0.25, 0.3) is 0 Å². The molecule has 6 aromatic carbocycles. The number of aromatic amines is 1. The zero-order valence-electron chi connectivity index (χ0n) is 31.0. The monoisotopic (exact) mass is 792 g/mol. The minimum Gasteiger partial charge on any atom is -0.507 e. The average molecular weight is 793 g/mol. The third-order valence-corrected chi connectivity index (χ3v) is 10.8. The number of hydrogen-bond donors (Lipinski definition) is 4. The van der Waals surface area contributed by atoms with Crippen LogP contribution in [0.25, 0.3) is 64.6 Å².